The van der Waals surface area contributed by atoms with Gasteiger partial charge in [0, 0.05) is 19.1 Å². The molecule has 2 aromatic heterocycles. The van der Waals surface area contributed by atoms with E-state index in [0.29, 0.717) is 24.2 Å². The molecule has 0 spiro atoms. The number of hydrogen-bond donors (Lipinski definition) is 3. The second-order valence-corrected chi connectivity index (χ2v) is 4.92. The van der Waals surface area contributed by atoms with E-state index in [4.69, 9.17) is 0 Å². The first-order chi connectivity index (χ1) is 10.2. The van der Waals surface area contributed by atoms with Crippen molar-refractivity contribution in [3.05, 3.63) is 6.20 Å². The highest BCUT2D eigenvalue weighted by molar-refractivity contribution is 5.87. The predicted octanol–water partition coefficient (Wildman–Crippen LogP) is 1.77. The number of aliphatic hydroxyl groups excluding tert-OH is 1. The van der Waals surface area contributed by atoms with E-state index in [-0.39, 0.29) is 6.61 Å². The molecule has 0 aliphatic carbocycles. The highest BCUT2D eigenvalue weighted by Gasteiger charge is 2.21. The third kappa shape index (κ3) is 3.24. The van der Waals surface area contributed by atoms with Crippen molar-refractivity contribution in [2.45, 2.75) is 39.7 Å². The highest BCUT2D eigenvalue weighted by atomic mass is 16.3. The molecule has 2 heterocycles. The lowest BCUT2D eigenvalue weighted by Crippen LogP contribution is -2.37. The summed E-state index contributed by atoms with van der Waals surface area (Å²) < 4.78 is 0. The van der Waals surface area contributed by atoms with E-state index >= 15 is 0 Å². The van der Waals surface area contributed by atoms with Gasteiger partial charge < -0.3 is 15.3 Å². The molecule has 21 heavy (non-hydrogen) atoms. The molecule has 7 nitrogen and oxygen atoms in total. The fourth-order valence-corrected chi connectivity index (χ4v) is 2.57. The second-order valence-electron chi connectivity index (χ2n) is 4.92. The standard InChI is InChI=1S/C14H24N6O/c1-4-10(5-2)20(7-8-21)13-11-9-16-19-12(11)17-14(18-13)15-6-3/h9-10,21H,4-8H2,1-3H3,(H2,15,16,17,18,19). The van der Waals surface area contributed by atoms with E-state index in [0.717, 1.165) is 30.6 Å². The van der Waals surface area contributed by atoms with Gasteiger partial charge in [-0.2, -0.15) is 15.1 Å². The highest BCUT2D eigenvalue weighted by Crippen LogP contribution is 2.27. The molecule has 2 rings (SSSR count). The van der Waals surface area contributed by atoms with Crippen molar-refractivity contribution < 1.29 is 5.11 Å². The number of aromatic nitrogens is 4. The van der Waals surface area contributed by atoms with Crippen LogP contribution >= 0.6 is 0 Å². The van der Waals surface area contributed by atoms with Crippen LogP contribution in [0, 0.1) is 0 Å². The zero-order valence-corrected chi connectivity index (χ0v) is 12.9. The van der Waals surface area contributed by atoms with Gasteiger partial charge in [-0.15, -0.1) is 0 Å². The Hall–Kier alpha value is -1.89. The van der Waals surface area contributed by atoms with Crippen molar-refractivity contribution in [2.24, 2.45) is 0 Å². The van der Waals surface area contributed by atoms with Crippen LogP contribution < -0.4 is 10.2 Å². The number of nitrogens with zero attached hydrogens (tertiary/aromatic N) is 4. The Bertz CT molecular complexity index is 566. The molecule has 0 unspecified atom stereocenters. The Morgan fingerprint density at radius 2 is 2.05 bits per heavy atom. The minimum absolute atomic E-state index is 0.0936. The smallest absolute Gasteiger partial charge is 0.226 e. The van der Waals surface area contributed by atoms with Crippen LogP contribution in [-0.2, 0) is 0 Å². The van der Waals surface area contributed by atoms with Crippen LogP contribution in [0.5, 0.6) is 0 Å². The molecule has 0 aromatic carbocycles. The SMILES string of the molecule is CCNc1nc(N(CCO)C(CC)CC)c2cn[nH]c2n1. The van der Waals surface area contributed by atoms with E-state index in [2.05, 4.69) is 44.2 Å². The first kappa shape index (κ1) is 15.5. The van der Waals surface area contributed by atoms with Crippen molar-refractivity contribution in [3.8, 4) is 0 Å². The van der Waals surface area contributed by atoms with Gasteiger partial charge in [-0.1, -0.05) is 13.8 Å². The molecule has 0 saturated carbocycles. The summed E-state index contributed by atoms with van der Waals surface area (Å²) in [6, 6.07) is 0.333. The molecule has 0 aliphatic rings. The van der Waals surface area contributed by atoms with Crippen LogP contribution in [0.2, 0.25) is 0 Å². The maximum atomic E-state index is 9.41. The summed E-state index contributed by atoms with van der Waals surface area (Å²) in [6.07, 6.45) is 3.74. The molecule has 0 saturated heterocycles. The van der Waals surface area contributed by atoms with Crippen molar-refractivity contribution in [1.82, 2.24) is 20.2 Å². The summed E-state index contributed by atoms with van der Waals surface area (Å²) in [5.74, 6) is 1.41. The molecule has 0 amide bonds. The van der Waals surface area contributed by atoms with Crippen molar-refractivity contribution in [1.29, 1.82) is 0 Å². The minimum Gasteiger partial charge on any atom is -0.395 e. The summed E-state index contributed by atoms with van der Waals surface area (Å²) in [6.45, 7) is 7.71. The van der Waals surface area contributed by atoms with Gasteiger partial charge in [-0.3, -0.25) is 5.10 Å². The van der Waals surface area contributed by atoms with Gasteiger partial charge in [-0.05, 0) is 19.8 Å². The minimum atomic E-state index is 0.0936. The summed E-state index contributed by atoms with van der Waals surface area (Å²) in [7, 11) is 0. The molecule has 3 N–H and O–H groups in total. The van der Waals surface area contributed by atoms with Gasteiger partial charge in [0.1, 0.15) is 5.82 Å². The van der Waals surface area contributed by atoms with Crippen LogP contribution in [0.4, 0.5) is 11.8 Å². The normalized spacial score (nSPS) is 11.3. The molecular weight excluding hydrogens is 268 g/mol. The molecule has 0 aliphatic heterocycles. The second kappa shape index (κ2) is 7.21. The van der Waals surface area contributed by atoms with Crippen LogP contribution in [-0.4, -0.2) is 51.0 Å². The van der Waals surface area contributed by atoms with Gasteiger partial charge in [0.05, 0.1) is 18.2 Å². The van der Waals surface area contributed by atoms with Gasteiger partial charge in [0.2, 0.25) is 5.95 Å². The van der Waals surface area contributed by atoms with Crippen LogP contribution in [0.25, 0.3) is 11.0 Å². The van der Waals surface area contributed by atoms with Crippen LogP contribution in [0.15, 0.2) is 6.20 Å². The monoisotopic (exact) mass is 292 g/mol. The van der Waals surface area contributed by atoms with Crippen molar-refractivity contribution in [3.63, 3.8) is 0 Å². The maximum Gasteiger partial charge on any atom is 0.226 e. The third-order valence-corrected chi connectivity index (χ3v) is 3.62. The van der Waals surface area contributed by atoms with Crippen molar-refractivity contribution in [2.75, 3.05) is 29.9 Å². The van der Waals surface area contributed by atoms with E-state index in [9.17, 15) is 5.11 Å². The Morgan fingerprint density at radius 1 is 1.29 bits per heavy atom. The number of rotatable bonds is 8. The number of aliphatic hydroxyl groups is 1. The lowest BCUT2D eigenvalue weighted by Gasteiger charge is -2.31. The molecule has 0 atom stereocenters. The molecular formula is C14H24N6O. The Labute approximate surface area is 124 Å². The first-order valence-corrected chi connectivity index (χ1v) is 7.57. The number of anilines is 2. The van der Waals surface area contributed by atoms with E-state index in [1.807, 2.05) is 6.92 Å². The number of H-pyrrole nitrogens is 1. The summed E-state index contributed by atoms with van der Waals surface area (Å²) in [5.41, 5.74) is 0.713. The Balaban J connectivity index is 2.51. The van der Waals surface area contributed by atoms with Gasteiger partial charge >= 0.3 is 0 Å². The van der Waals surface area contributed by atoms with E-state index in [1.54, 1.807) is 6.20 Å². The molecule has 2 aromatic rings. The zero-order chi connectivity index (χ0) is 15.2. The number of nitrogens with one attached hydrogen (secondary N) is 2. The number of aromatic amines is 1. The number of fused-ring (bicyclic) bond motifs is 1. The van der Waals surface area contributed by atoms with Crippen LogP contribution in [0.3, 0.4) is 0 Å². The maximum absolute atomic E-state index is 9.41. The molecule has 0 fully saturated rings. The topological polar surface area (TPSA) is 90.0 Å². The fourth-order valence-electron chi connectivity index (χ4n) is 2.57. The van der Waals surface area contributed by atoms with E-state index in [1.165, 1.54) is 0 Å². The summed E-state index contributed by atoms with van der Waals surface area (Å²) >= 11 is 0. The Morgan fingerprint density at radius 3 is 2.67 bits per heavy atom. The molecule has 116 valence electrons. The average Bonchev–Trinajstić information content (AvgIpc) is 2.95. The molecule has 7 heteroatoms. The quantitative estimate of drug-likeness (QED) is 0.687. The van der Waals surface area contributed by atoms with Gasteiger partial charge in [-0.25, -0.2) is 0 Å². The van der Waals surface area contributed by atoms with Gasteiger partial charge in [0.15, 0.2) is 5.65 Å². The van der Waals surface area contributed by atoms with Gasteiger partial charge in [0.25, 0.3) is 0 Å². The van der Waals surface area contributed by atoms with Crippen LogP contribution in [0.1, 0.15) is 33.6 Å². The lowest BCUT2D eigenvalue weighted by molar-refractivity contribution is 0.295. The molecule has 0 bridgehead atoms. The Kier molecular flexibility index (Phi) is 5.32. The molecule has 0 radical (unpaired) electrons. The first-order valence-electron chi connectivity index (χ1n) is 7.57. The lowest BCUT2D eigenvalue weighted by atomic mass is 10.1. The fraction of sp³-hybridized carbons (Fsp3) is 0.643. The predicted molar refractivity (Wildman–Crippen MR) is 84.6 cm³/mol. The third-order valence-electron chi connectivity index (χ3n) is 3.62. The zero-order valence-electron chi connectivity index (χ0n) is 12.9. The summed E-state index contributed by atoms with van der Waals surface area (Å²) in [5, 5.41) is 20.4. The summed E-state index contributed by atoms with van der Waals surface area (Å²) in [4.78, 5) is 11.2. The number of hydrogen-bond acceptors (Lipinski definition) is 6. The van der Waals surface area contributed by atoms with Crippen molar-refractivity contribution >= 4 is 22.8 Å². The van der Waals surface area contributed by atoms with E-state index < -0.39 is 0 Å². The largest absolute Gasteiger partial charge is 0.395 e. The average molecular weight is 292 g/mol.